The van der Waals surface area contributed by atoms with Gasteiger partial charge in [0.25, 0.3) is 0 Å². The first-order chi connectivity index (χ1) is 29.1. The van der Waals surface area contributed by atoms with Crippen LogP contribution >= 0.6 is 17.0 Å². The molecule has 0 aromatic heterocycles. The third-order valence-corrected chi connectivity index (χ3v) is 12.7. The molecule has 4 heteroatoms. The molecule has 0 saturated carbocycles. The second kappa shape index (κ2) is 21.8. The van der Waals surface area contributed by atoms with Crippen molar-refractivity contribution in [1.29, 1.82) is 0 Å². The smallest absolute Gasteiger partial charge is 0.0920 e. The zero-order chi connectivity index (χ0) is 42.8. The summed E-state index contributed by atoms with van der Waals surface area (Å²) in [7, 11) is 10.7. The predicted molar refractivity (Wildman–Crippen MR) is 263 cm³/mol. The van der Waals surface area contributed by atoms with Crippen molar-refractivity contribution in [3.05, 3.63) is 179 Å². The van der Waals surface area contributed by atoms with Crippen LogP contribution in [0.25, 0.3) is 54.9 Å². The minimum Gasteiger partial charge on any atom is -0.184 e. The standard InChI is InChI=1S/2C22H25.C12H7Si.2ClH.Zr/c2*1-5-8-17-11-12-18-13-16(4)14-21(18)22(17)20-10-7-6-9-19(20)15(2)3;1-3-7-11-9(5-1)10-6-2-4-8-12(10)13-11;;;/h2*6-7,9-15H,5,8H2,1-4H3;1-7H;2*1H;/q3*-1;;;+2/p-2. The number of hydrogen-bond donors (Lipinski definition) is 0. The molecule has 9 rings (SSSR count). The van der Waals surface area contributed by atoms with E-state index in [1.165, 1.54) is 112 Å². The van der Waals surface area contributed by atoms with E-state index in [1.54, 1.807) is 0 Å². The van der Waals surface area contributed by atoms with E-state index in [0.717, 1.165) is 22.4 Å². The van der Waals surface area contributed by atoms with Crippen molar-refractivity contribution in [2.75, 3.05) is 0 Å². The van der Waals surface area contributed by atoms with Crippen LogP contribution in [0.1, 0.15) is 99.6 Å². The van der Waals surface area contributed by atoms with Crippen LogP contribution in [0.4, 0.5) is 0 Å². The summed E-state index contributed by atoms with van der Waals surface area (Å²) in [5.41, 5.74) is 17.1. The van der Waals surface area contributed by atoms with Gasteiger partial charge < -0.3 is 0 Å². The number of hydrogen-bond acceptors (Lipinski definition) is 0. The fraction of sp³-hybridized carbons (Fsp3) is 0.250. The quantitative estimate of drug-likeness (QED) is 0.105. The van der Waals surface area contributed by atoms with Crippen molar-refractivity contribution in [2.45, 2.75) is 92.9 Å². The van der Waals surface area contributed by atoms with E-state index in [9.17, 15) is 0 Å². The van der Waals surface area contributed by atoms with Crippen molar-refractivity contribution >= 4 is 58.5 Å². The van der Waals surface area contributed by atoms with Gasteiger partial charge in [-0.2, -0.15) is 41.6 Å². The van der Waals surface area contributed by atoms with Crippen LogP contribution in [0.2, 0.25) is 0 Å². The molecule has 0 spiro atoms. The predicted octanol–water partition coefficient (Wildman–Crippen LogP) is 15.7. The molecule has 60 heavy (non-hydrogen) atoms. The Morgan fingerprint density at radius 2 is 1.00 bits per heavy atom. The molecular formula is C56H57Cl2SiZr-3. The normalized spacial score (nSPS) is 11.3. The van der Waals surface area contributed by atoms with E-state index in [0.29, 0.717) is 11.8 Å². The maximum Gasteiger partial charge on any atom is 0.0920 e. The number of halogens is 2. The van der Waals surface area contributed by atoms with Gasteiger partial charge in [-0.05, 0) is 46.9 Å². The Morgan fingerprint density at radius 1 is 0.567 bits per heavy atom. The zero-order valence-corrected chi connectivity index (χ0v) is 41.5. The van der Waals surface area contributed by atoms with Crippen molar-refractivity contribution in [1.82, 2.24) is 0 Å². The molecule has 0 atom stereocenters. The van der Waals surface area contributed by atoms with Crippen molar-refractivity contribution < 1.29 is 20.8 Å². The number of rotatable bonds is 8. The van der Waals surface area contributed by atoms with Gasteiger partial charge in [-0.15, -0.1) is 74.6 Å². The largest absolute Gasteiger partial charge is 0.184 e. The molecule has 0 amide bonds. The van der Waals surface area contributed by atoms with Crippen molar-refractivity contribution in [3.63, 3.8) is 0 Å². The third-order valence-electron chi connectivity index (χ3n) is 11.3. The molecular weight excluding hydrogens is 863 g/mol. The fourth-order valence-electron chi connectivity index (χ4n) is 8.73. The van der Waals surface area contributed by atoms with E-state index in [4.69, 9.17) is 17.0 Å². The Labute approximate surface area is 381 Å². The van der Waals surface area contributed by atoms with Gasteiger partial charge in [-0.3, -0.25) is 0 Å². The van der Waals surface area contributed by atoms with Crippen LogP contribution in [0, 0.1) is 19.9 Å². The second-order valence-electron chi connectivity index (χ2n) is 16.5. The monoisotopic (exact) mass is 917 g/mol. The Kier molecular flexibility index (Phi) is 16.6. The Bertz CT molecular complexity index is 2460. The Hall–Kier alpha value is -3.78. The zero-order valence-electron chi connectivity index (χ0n) is 36.5. The molecule has 8 aromatic rings. The van der Waals surface area contributed by atoms with Crippen LogP contribution in [0.3, 0.4) is 0 Å². The molecule has 1 aliphatic rings. The summed E-state index contributed by atoms with van der Waals surface area (Å²) in [6.45, 7) is 18.1. The summed E-state index contributed by atoms with van der Waals surface area (Å²) in [5.74, 6) is 1.08. The average Bonchev–Trinajstić information content (AvgIpc) is 3.95. The first kappa shape index (κ1) is 45.7. The molecule has 0 fully saturated rings. The number of benzene rings is 6. The van der Waals surface area contributed by atoms with Crippen LogP contribution in [0.5, 0.6) is 0 Å². The van der Waals surface area contributed by atoms with Gasteiger partial charge in [0.05, 0.1) is 9.52 Å². The molecule has 2 radical (unpaired) electrons. The molecule has 306 valence electrons. The second-order valence-corrected chi connectivity index (χ2v) is 21.5. The SMILES string of the molecule is CCCc1ccc2[cH-]c(C)cc2c1-c1ccccc1C(C)C.CCCc1ccc2[cH-]c(C)cc2c1-c1ccccc1C(C)C.[Cl][Zr][Cl].[c-]1cccc2c1[Si]c1ccccc1-2. The summed E-state index contributed by atoms with van der Waals surface area (Å²) >= 11 is -0.826. The molecule has 1 heterocycles. The molecule has 8 aromatic carbocycles. The van der Waals surface area contributed by atoms with Gasteiger partial charge in [0.15, 0.2) is 0 Å². The van der Waals surface area contributed by atoms with Crippen LogP contribution < -0.4 is 10.4 Å². The third kappa shape index (κ3) is 10.6. The molecule has 0 saturated heterocycles. The summed E-state index contributed by atoms with van der Waals surface area (Å²) in [6, 6.07) is 54.5. The number of aryl methyl sites for hydroxylation is 4. The maximum atomic E-state index is 4.93. The van der Waals surface area contributed by atoms with E-state index in [1.807, 2.05) is 6.07 Å². The first-order valence-corrected chi connectivity index (χ1v) is 28.8. The Morgan fingerprint density at radius 3 is 1.47 bits per heavy atom. The first-order valence-electron chi connectivity index (χ1n) is 21.5. The van der Waals surface area contributed by atoms with Gasteiger partial charge in [-0.25, -0.2) is 0 Å². The van der Waals surface area contributed by atoms with Gasteiger partial charge >= 0.3 is 37.9 Å². The molecule has 0 bridgehead atoms. The van der Waals surface area contributed by atoms with E-state index >= 15 is 0 Å². The van der Waals surface area contributed by atoms with E-state index in [2.05, 4.69) is 195 Å². The molecule has 0 nitrogen and oxygen atoms in total. The summed E-state index contributed by atoms with van der Waals surface area (Å²) in [4.78, 5) is 0. The van der Waals surface area contributed by atoms with Crippen LogP contribution in [-0.2, 0) is 33.7 Å². The minimum atomic E-state index is -0.826. The van der Waals surface area contributed by atoms with Crippen molar-refractivity contribution in [2.24, 2.45) is 0 Å². The average molecular weight is 920 g/mol. The summed E-state index contributed by atoms with van der Waals surface area (Å²) in [6.07, 6.45) is 4.65. The van der Waals surface area contributed by atoms with Crippen LogP contribution in [0.15, 0.2) is 140 Å². The summed E-state index contributed by atoms with van der Waals surface area (Å²) < 4.78 is 0. The van der Waals surface area contributed by atoms with Crippen molar-refractivity contribution in [3.8, 4) is 33.4 Å². The molecule has 1 aliphatic heterocycles. The number of fused-ring (bicyclic) bond motifs is 5. The van der Waals surface area contributed by atoms with Gasteiger partial charge in [0, 0.05) is 0 Å². The van der Waals surface area contributed by atoms with Crippen LogP contribution in [-0.4, -0.2) is 9.52 Å². The van der Waals surface area contributed by atoms with Gasteiger partial charge in [-0.1, -0.05) is 174 Å². The van der Waals surface area contributed by atoms with E-state index < -0.39 is 20.8 Å². The topological polar surface area (TPSA) is 0 Å². The Balaban J connectivity index is 0.000000150. The molecule has 0 aliphatic carbocycles. The van der Waals surface area contributed by atoms with Gasteiger partial charge in [0.2, 0.25) is 0 Å². The summed E-state index contributed by atoms with van der Waals surface area (Å²) in [5, 5.41) is 8.38. The van der Waals surface area contributed by atoms with Gasteiger partial charge in [0.1, 0.15) is 0 Å². The maximum absolute atomic E-state index is 4.93. The van der Waals surface area contributed by atoms with E-state index in [-0.39, 0.29) is 0 Å². The fourth-order valence-corrected chi connectivity index (χ4v) is 10.0. The minimum absolute atomic E-state index is 0.539. The molecule has 0 N–H and O–H groups in total. The molecule has 0 unspecified atom stereocenters.